The number of nitrogens with zero attached hydrogens (tertiary/aromatic N) is 7. The lowest BCUT2D eigenvalue weighted by Gasteiger charge is -2.15. The minimum atomic E-state index is -0.662. The van der Waals surface area contributed by atoms with E-state index >= 15 is 0 Å². The molecule has 2 aromatic carbocycles. The number of carbonyl (C=O) groups is 2. The molecule has 0 saturated heterocycles. The Balaban J connectivity index is 1.13. The first-order valence-electron chi connectivity index (χ1n) is 12.9. The third-order valence-corrected chi connectivity index (χ3v) is 7.29. The van der Waals surface area contributed by atoms with Crippen LogP contribution in [0.15, 0.2) is 56.5 Å². The molecule has 210 valence electrons. The summed E-state index contributed by atoms with van der Waals surface area (Å²) in [6.45, 7) is 0.112. The summed E-state index contributed by atoms with van der Waals surface area (Å²) in [7, 11) is 1.59. The number of fused-ring (bicyclic) bond motifs is 3. The highest BCUT2D eigenvalue weighted by molar-refractivity contribution is 5.98. The van der Waals surface area contributed by atoms with E-state index < -0.39 is 23.3 Å². The van der Waals surface area contributed by atoms with Crippen LogP contribution in [-0.2, 0) is 20.0 Å². The first kappa shape index (κ1) is 25.1. The maximum absolute atomic E-state index is 13.5. The largest absolute Gasteiger partial charge is 0.419 e. The van der Waals surface area contributed by atoms with Crippen LogP contribution in [0, 0.1) is 0 Å². The van der Waals surface area contributed by atoms with Crippen molar-refractivity contribution in [1.82, 2.24) is 55.4 Å². The van der Waals surface area contributed by atoms with E-state index in [-0.39, 0.29) is 29.8 Å². The zero-order valence-electron chi connectivity index (χ0n) is 21.9. The van der Waals surface area contributed by atoms with Gasteiger partial charge in [-0.05, 0) is 59.0 Å². The van der Waals surface area contributed by atoms with Crippen molar-refractivity contribution in [1.29, 1.82) is 0 Å². The van der Waals surface area contributed by atoms with Crippen LogP contribution < -0.4 is 22.1 Å². The second kappa shape index (κ2) is 9.61. The third-order valence-electron chi connectivity index (χ3n) is 7.29. The summed E-state index contributed by atoms with van der Waals surface area (Å²) >= 11 is 0. The number of aromatic nitrogens is 9. The molecular weight excluding hydrogens is 546 g/mol. The number of aromatic amines is 2. The minimum absolute atomic E-state index is 0.0874. The van der Waals surface area contributed by atoms with Crippen molar-refractivity contribution in [3.63, 3.8) is 0 Å². The van der Waals surface area contributed by atoms with Gasteiger partial charge in [0.05, 0.1) is 11.6 Å². The maximum Gasteiger partial charge on any atom is 0.419 e. The van der Waals surface area contributed by atoms with E-state index in [0.717, 1.165) is 27.5 Å². The van der Waals surface area contributed by atoms with Gasteiger partial charge in [0.15, 0.2) is 5.58 Å². The van der Waals surface area contributed by atoms with Crippen LogP contribution in [0.4, 0.5) is 0 Å². The predicted octanol–water partition coefficient (Wildman–Crippen LogP) is 0.390. The molecule has 1 atom stereocenters. The number of hydrogen-bond donors (Lipinski definition) is 4. The zero-order valence-corrected chi connectivity index (χ0v) is 21.9. The zero-order chi connectivity index (χ0) is 29.0. The molecule has 42 heavy (non-hydrogen) atoms. The van der Waals surface area contributed by atoms with Crippen molar-refractivity contribution in [2.45, 2.75) is 25.4 Å². The molecule has 0 spiro atoms. The van der Waals surface area contributed by atoms with Crippen LogP contribution in [0.1, 0.15) is 50.1 Å². The summed E-state index contributed by atoms with van der Waals surface area (Å²) in [6, 6.07) is 11.8. The molecule has 7 rings (SSSR count). The van der Waals surface area contributed by atoms with Gasteiger partial charge in [0.1, 0.15) is 11.4 Å². The molecule has 1 aliphatic rings. The number of hydrogen-bond acceptors (Lipinski definition) is 10. The van der Waals surface area contributed by atoms with Crippen molar-refractivity contribution in [3.8, 4) is 11.4 Å². The lowest BCUT2D eigenvalue weighted by atomic mass is 10.0. The van der Waals surface area contributed by atoms with E-state index in [4.69, 9.17) is 4.42 Å². The Bertz CT molecular complexity index is 2140. The van der Waals surface area contributed by atoms with E-state index in [1.807, 2.05) is 18.2 Å². The van der Waals surface area contributed by atoms with Crippen molar-refractivity contribution in [2.24, 2.45) is 7.05 Å². The summed E-state index contributed by atoms with van der Waals surface area (Å²) in [6.07, 6.45) is 1.36. The number of amides is 2. The number of nitrogens with one attached hydrogen (secondary N) is 4. The molecule has 0 unspecified atom stereocenters. The average molecular weight is 568 g/mol. The van der Waals surface area contributed by atoms with Crippen molar-refractivity contribution < 1.29 is 14.0 Å². The van der Waals surface area contributed by atoms with E-state index in [1.165, 1.54) is 10.6 Å². The summed E-state index contributed by atoms with van der Waals surface area (Å²) < 4.78 is 7.53. The highest BCUT2D eigenvalue weighted by Crippen LogP contribution is 2.33. The molecule has 16 nitrogen and oxygen atoms in total. The molecule has 0 radical (unpaired) electrons. The van der Waals surface area contributed by atoms with E-state index in [1.54, 1.807) is 25.2 Å². The predicted molar refractivity (Wildman–Crippen MR) is 144 cm³/mol. The Kier molecular flexibility index (Phi) is 5.74. The first-order valence-corrected chi connectivity index (χ1v) is 12.9. The molecule has 16 heteroatoms. The highest BCUT2D eigenvalue weighted by Gasteiger charge is 2.27. The average Bonchev–Trinajstić information content (AvgIpc) is 3.80. The van der Waals surface area contributed by atoms with Gasteiger partial charge < -0.3 is 15.1 Å². The van der Waals surface area contributed by atoms with Gasteiger partial charge in [-0.2, -0.15) is 5.21 Å². The number of rotatable bonds is 6. The monoisotopic (exact) mass is 567 g/mol. The topological polar surface area (TPSA) is 211 Å². The normalized spacial score (nSPS) is 14.4. The molecular formula is C26H21N11O5. The molecule has 1 aliphatic carbocycles. The first-order chi connectivity index (χ1) is 20.4. The van der Waals surface area contributed by atoms with Crippen LogP contribution in [0.3, 0.4) is 0 Å². The van der Waals surface area contributed by atoms with Gasteiger partial charge in [0.2, 0.25) is 5.82 Å². The minimum Gasteiger partial charge on any atom is -0.408 e. The van der Waals surface area contributed by atoms with Gasteiger partial charge in [0, 0.05) is 19.2 Å². The van der Waals surface area contributed by atoms with Gasteiger partial charge in [0.25, 0.3) is 17.6 Å². The van der Waals surface area contributed by atoms with Gasteiger partial charge in [-0.1, -0.05) is 18.2 Å². The molecule has 4 aromatic heterocycles. The Morgan fingerprint density at radius 3 is 2.81 bits per heavy atom. The summed E-state index contributed by atoms with van der Waals surface area (Å²) in [5.41, 5.74) is 3.66. The molecule has 0 aliphatic heterocycles. The second-order valence-corrected chi connectivity index (χ2v) is 9.82. The van der Waals surface area contributed by atoms with Crippen LogP contribution >= 0.6 is 0 Å². The van der Waals surface area contributed by atoms with Crippen molar-refractivity contribution in [2.75, 3.05) is 0 Å². The third kappa shape index (κ3) is 4.21. The lowest BCUT2D eigenvalue weighted by molar-refractivity contribution is 0.0929. The summed E-state index contributed by atoms with van der Waals surface area (Å²) in [4.78, 5) is 55.0. The number of oxazole rings is 1. The molecule has 0 fully saturated rings. The second-order valence-electron chi connectivity index (χ2n) is 9.82. The van der Waals surface area contributed by atoms with Crippen LogP contribution in [0.25, 0.3) is 28.3 Å². The van der Waals surface area contributed by atoms with E-state index in [2.05, 4.69) is 46.4 Å². The fourth-order valence-electron chi connectivity index (χ4n) is 5.18. The van der Waals surface area contributed by atoms with Crippen molar-refractivity contribution >= 4 is 28.7 Å². The Labute approximate surface area is 233 Å². The maximum atomic E-state index is 13.5. The highest BCUT2D eigenvalue weighted by atomic mass is 16.4. The summed E-state index contributed by atoms with van der Waals surface area (Å²) in [5, 5.41) is 25.9. The van der Waals surface area contributed by atoms with Gasteiger partial charge >= 0.3 is 11.4 Å². The van der Waals surface area contributed by atoms with Crippen LogP contribution in [-0.4, -0.2) is 56.6 Å². The number of H-pyrrole nitrogens is 2. The molecule has 4 heterocycles. The van der Waals surface area contributed by atoms with Gasteiger partial charge in [-0.3, -0.25) is 14.2 Å². The van der Waals surface area contributed by atoms with Crippen molar-refractivity contribution in [3.05, 3.63) is 91.6 Å². The van der Waals surface area contributed by atoms with Crippen LogP contribution in [0.2, 0.25) is 0 Å². The number of benzene rings is 2. The quantitative estimate of drug-likeness (QED) is 0.217. The van der Waals surface area contributed by atoms with E-state index in [0.29, 0.717) is 28.9 Å². The lowest BCUT2D eigenvalue weighted by Crippen LogP contribution is -2.32. The smallest absolute Gasteiger partial charge is 0.408 e. The fraction of sp³-hybridized carbons (Fsp3) is 0.192. The number of tetrazole rings is 1. The van der Waals surface area contributed by atoms with E-state index in [9.17, 15) is 19.2 Å². The number of aryl methyl sites for hydroxylation is 2. The standard InChI is InChI=1S/C26H21N11O5/c1-36-18-8-12(2-7-20(18)42-26(36)41)11-27-22(38)17-10-19(37-24(29-17)32-33-25(37)40)23(39)28-16-6-4-13-9-14(3-5-15(13)16)21-30-34-35-31-21/h2-3,5,7-10,16H,4,6,11H2,1H3,(H,27,38)(H,28,39)(H,33,40)(H,30,31,34,35)/t16-/m0/s1. The van der Waals surface area contributed by atoms with Gasteiger partial charge in [-0.25, -0.2) is 24.1 Å². The molecule has 6 aromatic rings. The van der Waals surface area contributed by atoms with Gasteiger partial charge in [-0.15, -0.1) is 15.3 Å². The Morgan fingerprint density at radius 2 is 1.98 bits per heavy atom. The number of carbonyl (C=O) groups excluding carboxylic acids is 2. The SMILES string of the molecule is Cn1c(=O)oc2ccc(CNC(=O)c3cc(C(=O)N[C@H]4CCc5cc(-c6nn[nH]n6)ccc54)n4c(=O)[nH]nc4n3)cc21. The molecule has 2 amide bonds. The fourth-order valence-corrected chi connectivity index (χ4v) is 5.18. The van der Waals surface area contributed by atoms with Crippen LogP contribution in [0.5, 0.6) is 0 Å². The summed E-state index contributed by atoms with van der Waals surface area (Å²) in [5.74, 6) is -1.28. The molecule has 4 N–H and O–H groups in total. The molecule has 0 bridgehead atoms. The molecule has 0 saturated carbocycles. The Hall–Kier alpha value is -5.93. The Morgan fingerprint density at radius 1 is 1.10 bits per heavy atom.